The molecule has 0 fully saturated rings. The largest absolute Gasteiger partial charge is 0.359 e. The van der Waals surface area contributed by atoms with E-state index < -0.39 is 0 Å². The molecule has 0 saturated carbocycles. The molecule has 2 aromatic carbocycles. The monoisotopic (exact) mass is 340 g/mol. The van der Waals surface area contributed by atoms with Crippen molar-refractivity contribution in [2.75, 3.05) is 0 Å². The maximum atomic E-state index is 5.42. The van der Waals surface area contributed by atoms with Crippen LogP contribution in [-0.4, -0.2) is 5.11 Å². The van der Waals surface area contributed by atoms with Crippen LogP contribution in [-0.2, 0) is 12.0 Å². The Morgan fingerprint density at radius 3 is 2.12 bits per heavy atom. The zero-order valence-electron chi connectivity index (χ0n) is 15.3. The highest BCUT2D eigenvalue weighted by molar-refractivity contribution is 7.80. The van der Waals surface area contributed by atoms with E-state index in [1.165, 1.54) is 22.3 Å². The van der Waals surface area contributed by atoms with Crippen molar-refractivity contribution in [1.29, 1.82) is 0 Å². The minimum Gasteiger partial charge on any atom is -0.359 e. The van der Waals surface area contributed by atoms with Gasteiger partial charge in [0.2, 0.25) is 0 Å². The lowest BCUT2D eigenvalue weighted by atomic mass is 9.86. The molecular weight excluding hydrogens is 312 g/mol. The molecular formula is C21H28N2S. The van der Waals surface area contributed by atoms with Crippen LogP contribution < -0.4 is 10.6 Å². The maximum Gasteiger partial charge on any atom is 0.167 e. The summed E-state index contributed by atoms with van der Waals surface area (Å²) in [5, 5.41) is 7.31. The Labute approximate surface area is 151 Å². The molecule has 0 amide bonds. The molecule has 2 nitrogen and oxygen atoms in total. The van der Waals surface area contributed by atoms with Crippen LogP contribution in [0.4, 0.5) is 0 Å². The smallest absolute Gasteiger partial charge is 0.167 e. The summed E-state index contributed by atoms with van der Waals surface area (Å²) in [5.74, 6) is 0. The van der Waals surface area contributed by atoms with Gasteiger partial charge in [0.25, 0.3) is 0 Å². The zero-order chi connectivity index (χ0) is 17.7. The number of hydrogen-bond donors (Lipinski definition) is 2. The van der Waals surface area contributed by atoms with Gasteiger partial charge in [-0.1, -0.05) is 74.9 Å². The van der Waals surface area contributed by atoms with Crippen LogP contribution in [0.5, 0.6) is 0 Å². The molecule has 0 spiro atoms. The number of thiocarbonyl (C=S) groups is 1. The lowest BCUT2D eigenvalue weighted by molar-refractivity contribution is 0.589. The quantitative estimate of drug-likeness (QED) is 0.764. The van der Waals surface area contributed by atoms with E-state index in [1.54, 1.807) is 0 Å². The minimum absolute atomic E-state index is 0.178. The van der Waals surface area contributed by atoms with E-state index in [4.69, 9.17) is 12.2 Å². The molecule has 0 aliphatic rings. The van der Waals surface area contributed by atoms with Crippen molar-refractivity contribution in [2.45, 2.75) is 52.6 Å². The van der Waals surface area contributed by atoms with Gasteiger partial charge < -0.3 is 10.6 Å². The molecule has 0 saturated heterocycles. The van der Waals surface area contributed by atoms with Gasteiger partial charge in [-0.2, -0.15) is 0 Å². The van der Waals surface area contributed by atoms with Crippen LogP contribution in [0.2, 0.25) is 0 Å². The molecule has 24 heavy (non-hydrogen) atoms. The Hall–Kier alpha value is -1.87. The van der Waals surface area contributed by atoms with Crippen LogP contribution in [0, 0.1) is 6.92 Å². The zero-order valence-corrected chi connectivity index (χ0v) is 16.1. The van der Waals surface area contributed by atoms with Gasteiger partial charge in [0, 0.05) is 6.54 Å². The third kappa shape index (κ3) is 5.34. The Morgan fingerprint density at radius 2 is 1.58 bits per heavy atom. The van der Waals surface area contributed by atoms with Gasteiger partial charge >= 0.3 is 0 Å². The highest BCUT2D eigenvalue weighted by Crippen LogP contribution is 2.23. The van der Waals surface area contributed by atoms with Crippen molar-refractivity contribution < 1.29 is 0 Å². The second-order valence-electron chi connectivity index (χ2n) is 7.41. The topological polar surface area (TPSA) is 24.1 Å². The fourth-order valence-corrected chi connectivity index (χ4v) is 2.74. The van der Waals surface area contributed by atoms with E-state index in [0.29, 0.717) is 5.11 Å². The molecule has 0 aliphatic heterocycles. The summed E-state index contributed by atoms with van der Waals surface area (Å²) in [6.45, 7) is 11.7. The SMILES string of the molecule is Cc1ccc(CNC(=S)NC(C)c2ccc(C(C)(C)C)cc2)cc1. The maximum absolute atomic E-state index is 5.42. The van der Waals surface area contributed by atoms with Gasteiger partial charge in [-0.3, -0.25) is 0 Å². The number of nitrogens with one attached hydrogen (secondary N) is 2. The third-order valence-corrected chi connectivity index (χ3v) is 4.46. The van der Waals surface area contributed by atoms with Gasteiger partial charge in [0.1, 0.15) is 0 Å². The first-order valence-corrected chi connectivity index (χ1v) is 8.87. The van der Waals surface area contributed by atoms with Crippen molar-refractivity contribution in [3.05, 3.63) is 70.8 Å². The summed E-state index contributed by atoms with van der Waals surface area (Å²) >= 11 is 5.42. The van der Waals surface area contributed by atoms with E-state index in [-0.39, 0.29) is 11.5 Å². The molecule has 3 heteroatoms. The van der Waals surface area contributed by atoms with Crippen molar-refractivity contribution in [3.8, 4) is 0 Å². The summed E-state index contributed by atoms with van der Waals surface area (Å²) in [6.07, 6.45) is 0. The molecule has 2 N–H and O–H groups in total. The van der Waals surface area contributed by atoms with Crippen molar-refractivity contribution >= 4 is 17.3 Å². The molecule has 1 unspecified atom stereocenters. The number of aryl methyl sites for hydroxylation is 1. The molecule has 0 aromatic heterocycles. The van der Waals surface area contributed by atoms with Crippen LogP contribution >= 0.6 is 12.2 Å². The average molecular weight is 341 g/mol. The average Bonchev–Trinajstić information content (AvgIpc) is 2.53. The van der Waals surface area contributed by atoms with Gasteiger partial charge in [0.15, 0.2) is 5.11 Å². The molecule has 0 heterocycles. The van der Waals surface area contributed by atoms with Gasteiger partial charge in [-0.05, 0) is 48.2 Å². The predicted octanol–water partition coefficient (Wildman–Crippen LogP) is 5.02. The molecule has 1 atom stereocenters. The minimum atomic E-state index is 0.178. The second kappa shape index (κ2) is 7.80. The van der Waals surface area contributed by atoms with E-state index >= 15 is 0 Å². The van der Waals surface area contributed by atoms with Gasteiger partial charge in [0.05, 0.1) is 6.04 Å². The van der Waals surface area contributed by atoms with E-state index in [9.17, 15) is 0 Å². The van der Waals surface area contributed by atoms with Crippen LogP contribution in [0.25, 0.3) is 0 Å². The normalized spacial score (nSPS) is 12.5. The standard InChI is InChI=1S/C21H28N2S/c1-15-6-8-17(9-7-15)14-22-20(24)23-16(2)18-10-12-19(13-11-18)21(3,4)5/h6-13,16H,14H2,1-5H3,(H2,22,23,24). The van der Waals surface area contributed by atoms with Crippen LogP contribution in [0.1, 0.15) is 56.0 Å². The summed E-state index contributed by atoms with van der Waals surface area (Å²) in [7, 11) is 0. The summed E-state index contributed by atoms with van der Waals surface area (Å²) in [5.41, 5.74) is 5.26. The Balaban J connectivity index is 1.88. The number of benzene rings is 2. The molecule has 0 aliphatic carbocycles. The molecule has 0 radical (unpaired) electrons. The highest BCUT2D eigenvalue weighted by atomic mass is 32.1. The summed E-state index contributed by atoms with van der Waals surface area (Å²) in [4.78, 5) is 0. The first kappa shape index (κ1) is 18.5. The first-order valence-electron chi connectivity index (χ1n) is 8.46. The molecule has 2 rings (SSSR count). The second-order valence-corrected chi connectivity index (χ2v) is 7.81. The summed E-state index contributed by atoms with van der Waals surface area (Å²) < 4.78 is 0. The van der Waals surface area contributed by atoms with Gasteiger partial charge in [-0.25, -0.2) is 0 Å². The third-order valence-electron chi connectivity index (χ3n) is 4.20. The van der Waals surface area contributed by atoms with Crippen LogP contribution in [0.15, 0.2) is 48.5 Å². The number of hydrogen-bond acceptors (Lipinski definition) is 1. The van der Waals surface area contributed by atoms with Crippen molar-refractivity contribution in [2.24, 2.45) is 0 Å². The predicted molar refractivity (Wildman–Crippen MR) is 107 cm³/mol. The molecule has 128 valence electrons. The highest BCUT2D eigenvalue weighted by Gasteiger charge is 2.14. The number of rotatable bonds is 4. The van der Waals surface area contributed by atoms with E-state index in [2.05, 4.69) is 93.8 Å². The van der Waals surface area contributed by atoms with E-state index in [0.717, 1.165) is 6.54 Å². The lowest BCUT2D eigenvalue weighted by Crippen LogP contribution is -2.36. The van der Waals surface area contributed by atoms with Crippen LogP contribution in [0.3, 0.4) is 0 Å². The van der Waals surface area contributed by atoms with Crippen molar-refractivity contribution in [1.82, 2.24) is 10.6 Å². The van der Waals surface area contributed by atoms with Crippen molar-refractivity contribution in [3.63, 3.8) is 0 Å². The lowest BCUT2D eigenvalue weighted by Gasteiger charge is -2.21. The first-order chi connectivity index (χ1) is 11.3. The summed E-state index contributed by atoms with van der Waals surface area (Å²) in [6, 6.07) is 17.4. The molecule has 2 aromatic rings. The van der Waals surface area contributed by atoms with E-state index in [1.807, 2.05) is 0 Å². The molecule has 0 bridgehead atoms. The Bertz CT molecular complexity index is 666. The Kier molecular flexibility index (Phi) is 6.00. The van der Waals surface area contributed by atoms with Gasteiger partial charge in [-0.15, -0.1) is 0 Å². The Morgan fingerprint density at radius 1 is 1.00 bits per heavy atom. The fraction of sp³-hybridized carbons (Fsp3) is 0.381. The fourth-order valence-electron chi connectivity index (χ4n) is 2.49.